The van der Waals surface area contributed by atoms with E-state index in [9.17, 15) is 9.18 Å². The summed E-state index contributed by atoms with van der Waals surface area (Å²) < 4.78 is 21.1. The molecule has 2 aromatic heterocycles. The zero-order valence-electron chi connectivity index (χ0n) is 15.3. The normalized spacial score (nSPS) is 22.8. The molecule has 4 heterocycles. The number of pyridine rings is 1. The zero-order chi connectivity index (χ0) is 19.1. The summed E-state index contributed by atoms with van der Waals surface area (Å²) in [5.41, 5.74) is 3.61. The van der Waals surface area contributed by atoms with Crippen LogP contribution in [0, 0.1) is 11.7 Å². The lowest BCUT2D eigenvalue weighted by molar-refractivity contribution is -0.125. The summed E-state index contributed by atoms with van der Waals surface area (Å²) in [6, 6.07) is 12.3. The van der Waals surface area contributed by atoms with Crippen molar-refractivity contribution in [1.29, 1.82) is 0 Å². The summed E-state index contributed by atoms with van der Waals surface area (Å²) in [7, 11) is 0. The maximum Gasteiger partial charge on any atom is 0.227 e. The predicted octanol–water partition coefficient (Wildman–Crippen LogP) is 2.09. The number of rotatable bonds is 3. The predicted molar refractivity (Wildman–Crippen MR) is 102 cm³/mol. The molecule has 3 aromatic rings. The lowest BCUT2D eigenvalue weighted by Gasteiger charge is -2.27. The van der Waals surface area contributed by atoms with Gasteiger partial charge in [-0.3, -0.25) is 9.69 Å². The van der Waals surface area contributed by atoms with Crippen LogP contribution in [0.4, 0.5) is 4.39 Å². The van der Waals surface area contributed by atoms with Crippen molar-refractivity contribution in [3.05, 3.63) is 60.2 Å². The van der Waals surface area contributed by atoms with Crippen LogP contribution in [0.25, 0.3) is 16.9 Å². The third-order valence-electron chi connectivity index (χ3n) is 5.43. The Morgan fingerprint density at radius 3 is 2.86 bits per heavy atom. The van der Waals surface area contributed by atoms with Crippen molar-refractivity contribution in [1.82, 2.24) is 19.6 Å². The average molecular weight is 380 g/mol. The van der Waals surface area contributed by atoms with Gasteiger partial charge < -0.3 is 14.5 Å². The molecule has 2 aliphatic heterocycles. The van der Waals surface area contributed by atoms with Crippen LogP contribution < -0.4 is 5.32 Å². The number of carbonyl (C=O) groups is 1. The number of benzene rings is 1. The van der Waals surface area contributed by atoms with Crippen LogP contribution in [0.2, 0.25) is 0 Å². The van der Waals surface area contributed by atoms with Gasteiger partial charge >= 0.3 is 0 Å². The number of nitrogens with zero attached hydrogens (tertiary/aromatic N) is 3. The van der Waals surface area contributed by atoms with Gasteiger partial charge in [-0.05, 0) is 36.4 Å². The molecule has 1 N–H and O–H groups in total. The maximum atomic E-state index is 13.4. The second-order valence-corrected chi connectivity index (χ2v) is 7.48. The number of nitrogens with one attached hydrogen (secondary N) is 1. The standard InChI is InChI=1S/C21H21FN4O2/c22-16-6-4-14(5-7-16)20-18(26-8-2-1-3-19(26)24-20)11-25-9-15-12-28-13-17(10-25)23-21(15)27/h1-8,15,17H,9-13H2,(H,23,27)/t15-,17+/m1/s1. The maximum absolute atomic E-state index is 13.4. The second-order valence-electron chi connectivity index (χ2n) is 7.48. The molecule has 28 heavy (non-hydrogen) atoms. The smallest absolute Gasteiger partial charge is 0.227 e. The van der Waals surface area contributed by atoms with Gasteiger partial charge in [0, 0.05) is 31.4 Å². The lowest BCUT2D eigenvalue weighted by atomic mass is 10.1. The highest BCUT2D eigenvalue weighted by Crippen LogP contribution is 2.27. The first-order valence-corrected chi connectivity index (χ1v) is 9.50. The van der Waals surface area contributed by atoms with E-state index < -0.39 is 0 Å². The molecule has 6 nitrogen and oxygen atoms in total. The first-order chi connectivity index (χ1) is 13.7. The number of carbonyl (C=O) groups excluding carboxylic acids is 1. The number of halogens is 1. The Morgan fingerprint density at radius 2 is 2.00 bits per heavy atom. The van der Waals surface area contributed by atoms with Crippen molar-refractivity contribution in [2.75, 3.05) is 26.3 Å². The van der Waals surface area contributed by atoms with Crippen molar-refractivity contribution in [2.45, 2.75) is 12.6 Å². The van der Waals surface area contributed by atoms with Crippen LogP contribution in [0.3, 0.4) is 0 Å². The van der Waals surface area contributed by atoms with Crippen LogP contribution in [0.15, 0.2) is 48.7 Å². The van der Waals surface area contributed by atoms with Crippen LogP contribution in [-0.4, -0.2) is 52.5 Å². The van der Waals surface area contributed by atoms with Crippen molar-refractivity contribution < 1.29 is 13.9 Å². The van der Waals surface area contributed by atoms with Gasteiger partial charge in [-0.15, -0.1) is 0 Å². The monoisotopic (exact) mass is 380 g/mol. The molecule has 2 atom stereocenters. The van der Waals surface area contributed by atoms with E-state index in [4.69, 9.17) is 9.72 Å². The number of hydrogen-bond acceptors (Lipinski definition) is 4. The molecule has 7 heteroatoms. The Kier molecular flexibility index (Phi) is 4.33. The van der Waals surface area contributed by atoms with E-state index in [-0.39, 0.29) is 23.7 Å². The van der Waals surface area contributed by atoms with Crippen LogP contribution >= 0.6 is 0 Å². The van der Waals surface area contributed by atoms with Crippen molar-refractivity contribution >= 4 is 11.6 Å². The van der Waals surface area contributed by atoms with E-state index in [2.05, 4.69) is 14.6 Å². The average Bonchev–Trinajstić information content (AvgIpc) is 2.84. The third kappa shape index (κ3) is 3.16. The first-order valence-electron chi connectivity index (χ1n) is 9.50. The zero-order valence-corrected chi connectivity index (χ0v) is 15.3. The minimum absolute atomic E-state index is 0.00606. The van der Waals surface area contributed by atoms with Gasteiger partial charge in [-0.25, -0.2) is 9.37 Å². The fraction of sp³-hybridized carbons (Fsp3) is 0.333. The summed E-state index contributed by atoms with van der Waals surface area (Å²) in [5.74, 6) is -0.359. The topological polar surface area (TPSA) is 58.9 Å². The third-order valence-corrected chi connectivity index (χ3v) is 5.43. The second kappa shape index (κ2) is 7.00. The van der Waals surface area contributed by atoms with Crippen molar-refractivity contribution in [3.8, 4) is 11.3 Å². The van der Waals surface area contributed by atoms with E-state index in [0.717, 1.165) is 29.1 Å². The molecule has 1 aromatic carbocycles. The molecular formula is C21H21FN4O2. The van der Waals surface area contributed by atoms with Crippen molar-refractivity contribution in [2.24, 2.45) is 5.92 Å². The molecule has 0 spiro atoms. The summed E-state index contributed by atoms with van der Waals surface area (Å²) in [6.07, 6.45) is 2.00. The largest absolute Gasteiger partial charge is 0.378 e. The van der Waals surface area contributed by atoms with E-state index in [0.29, 0.717) is 26.3 Å². The van der Waals surface area contributed by atoms with Crippen molar-refractivity contribution in [3.63, 3.8) is 0 Å². The SMILES string of the molecule is O=C1N[C@@H]2COC[C@H]1CN(Cc1c(-c3ccc(F)cc3)nc3ccccn13)C2. The molecule has 2 saturated heterocycles. The number of imidazole rings is 1. The van der Waals surface area contributed by atoms with E-state index in [1.165, 1.54) is 12.1 Å². The van der Waals surface area contributed by atoms with Gasteiger partial charge in [0.15, 0.2) is 0 Å². The molecule has 2 aliphatic rings. The molecule has 2 bridgehead atoms. The number of amides is 1. The van der Waals surface area contributed by atoms with Gasteiger partial charge in [0.1, 0.15) is 11.5 Å². The Morgan fingerprint density at radius 1 is 1.14 bits per heavy atom. The van der Waals surface area contributed by atoms with Gasteiger partial charge in [-0.2, -0.15) is 0 Å². The van der Waals surface area contributed by atoms with Gasteiger partial charge in [0.2, 0.25) is 5.91 Å². The Labute approximate surface area is 161 Å². The highest BCUT2D eigenvalue weighted by molar-refractivity contribution is 5.80. The Balaban J connectivity index is 1.54. The molecule has 1 amide bonds. The highest BCUT2D eigenvalue weighted by Gasteiger charge is 2.33. The fourth-order valence-electron chi connectivity index (χ4n) is 4.10. The lowest BCUT2D eigenvalue weighted by Crippen LogP contribution is -2.41. The number of ether oxygens (including phenoxy) is 1. The Hall–Kier alpha value is -2.77. The highest BCUT2D eigenvalue weighted by atomic mass is 19.1. The van der Waals surface area contributed by atoms with Gasteiger partial charge in [0.05, 0.1) is 36.6 Å². The quantitative estimate of drug-likeness (QED) is 0.756. The van der Waals surface area contributed by atoms with E-state index >= 15 is 0 Å². The van der Waals surface area contributed by atoms with Crippen LogP contribution in [0.1, 0.15) is 5.69 Å². The van der Waals surface area contributed by atoms with Gasteiger partial charge in [-0.1, -0.05) is 6.07 Å². The minimum atomic E-state index is -0.265. The molecule has 0 unspecified atom stereocenters. The Bertz CT molecular complexity index is 1020. The molecule has 0 radical (unpaired) electrons. The molecule has 5 rings (SSSR count). The molecule has 144 valence electrons. The minimum Gasteiger partial charge on any atom is -0.378 e. The number of hydrogen-bond donors (Lipinski definition) is 1. The van der Waals surface area contributed by atoms with E-state index in [1.54, 1.807) is 12.1 Å². The number of fused-ring (bicyclic) bond motifs is 4. The summed E-state index contributed by atoms with van der Waals surface area (Å²) in [5, 5.41) is 3.07. The molecule has 2 fully saturated rings. The van der Waals surface area contributed by atoms with Crippen LogP contribution in [-0.2, 0) is 16.1 Å². The summed E-state index contributed by atoms with van der Waals surface area (Å²) in [4.78, 5) is 19.4. The first kappa shape index (κ1) is 17.3. The van der Waals surface area contributed by atoms with E-state index in [1.807, 2.05) is 24.4 Å². The van der Waals surface area contributed by atoms with Crippen LogP contribution in [0.5, 0.6) is 0 Å². The fourth-order valence-corrected chi connectivity index (χ4v) is 4.10. The summed E-state index contributed by atoms with van der Waals surface area (Å²) in [6.45, 7) is 3.02. The molecule has 0 aliphatic carbocycles. The number of aromatic nitrogens is 2. The molecular weight excluding hydrogens is 359 g/mol. The van der Waals surface area contributed by atoms with Gasteiger partial charge in [0.25, 0.3) is 0 Å². The molecule has 0 saturated carbocycles. The summed E-state index contributed by atoms with van der Waals surface area (Å²) >= 11 is 0.